The fourth-order valence-corrected chi connectivity index (χ4v) is 3.54. The summed E-state index contributed by atoms with van der Waals surface area (Å²) >= 11 is 0. The van der Waals surface area contributed by atoms with Crippen molar-refractivity contribution in [1.82, 2.24) is 9.78 Å². The van der Waals surface area contributed by atoms with Gasteiger partial charge >= 0.3 is 0 Å². The Morgan fingerprint density at radius 3 is 2.67 bits per heavy atom. The molecule has 0 radical (unpaired) electrons. The van der Waals surface area contributed by atoms with Gasteiger partial charge in [0.2, 0.25) is 5.91 Å². The lowest BCUT2D eigenvalue weighted by molar-refractivity contribution is -0.118. The number of carbonyl (C=O) groups is 1. The average Bonchev–Trinajstić information content (AvgIpc) is 2.97. The molecule has 6 heteroatoms. The van der Waals surface area contributed by atoms with Gasteiger partial charge in [0, 0.05) is 22.3 Å². The molecule has 21 heavy (non-hydrogen) atoms. The van der Waals surface area contributed by atoms with E-state index in [1.54, 1.807) is 4.68 Å². The lowest BCUT2D eigenvalue weighted by Gasteiger charge is -2.12. The first-order valence-electron chi connectivity index (χ1n) is 6.88. The van der Waals surface area contributed by atoms with E-state index < -0.39 is 10.8 Å². The monoisotopic (exact) mass is 303 g/mol. The number of hydrogen-bond donors (Lipinski definition) is 1. The van der Waals surface area contributed by atoms with Gasteiger partial charge in [-0.2, -0.15) is 5.10 Å². The molecule has 1 aliphatic rings. The van der Waals surface area contributed by atoms with Crippen molar-refractivity contribution in [2.75, 3.05) is 5.32 Å². The van der Waals surface area contributed by atoms with E-state index in [-0.39, 0.29) is 11.8 Å². The third kappa shape index (κ3) is 2.63. The molecule has 110 valence electrons. The smallest absolute Gasteiger partial charge is 0.228 e. The average molecular weight is 303 g/mol. The van der Waals surface area contributed by atoms with E-state index in [2.05, 4.69) is 10.4 Å². The molecule has 1 aliphatic heterocycles. The SMILES string of the molecule is CC(C)C(=O)Nc1c2c(nn1-c1ccccc1)CS(=O)C2. The number of rotatable bonds is 3. The molecular formula is C15H17N3O2S. The van der Waals surface area contributed by atoms with Crippen LogP contribution in [-0.4, -0.2) is 19.9 Å². The molecule has 0 saturated carbocycles. The van der Waals surface area contributed by atoms with E-state index in [9.17, 15) is 9.00 Å². The van der Waals surface area contributed by atoms with Gasteiger partial charge in [0.15, 0.2) is 0 Å². The molecule has 0 bridgehead atoms. The molecule has 1 atom stereocenters. The van der Waals surface area contributed by atoms with Crippen molar-refractivity contribution in [2.24, 2.45) is 5.92 Å². The molecule has 1 aromatic carbocycles. The van der Waals surface area contributed by atoms with E-state index in [0.29, 0.717) is 17.3 Å². The molecule has 2 heterocycles. The fourth-order valence-electron chi connectivity index (χ4n) is 2.27. The van der Waals surface area contributed by atoms with Crippen LogP contribution in [0.25, 0.3) is 5.69 Å². The van der Waals surface area contributed by atoms with Crippen LogP contribution in [-0.2, 0) is 27.1 Å². The predicted octanol–water partition coefficient (Wildman–Crippen LogP) is 2.23. The maximum Gasteiger partial charge on any atom is 0.228 e. The molecule has 1 unspecified atom stereocenters. The van der Waals surface area contributed by atoms with Gasteiger partial charge in [-0.1, -0.05) is 32.0 Å². The van der Waals surface area contributed by atoms with Gasteiger partial charge in [0.05, 0.1) is 22.9 Å². The highest BCUT2D eigenvalue weighted by Gasteiger charge is 2.28. The standard InChI is InChI=1S/C15H17N3O2S/c1-10(2)15(19)16-14-12-8-21(20)9-13(12)17-18(14)11-6-4-3-5-7-11/h3-7,10H,8-9H2,1-2H3,(H,16,19). The number of carbonyl (C=O) groups excluding carboxylic acids is 1. The lowest BCUT2D eigenvalue weighted by atomic mass is 10.2. The zero-order chi connectivity index (χ0) is 15.0. The van der Waals surface area contributed by atoms with Crippen molar-refractivity contribution < 1.29 is 9.00 Å². The van der Waals surface area contributed by atoms with Crippen molar-refractivity contribution in [3.05, 3.63) is 41.6 Å². The molecule has 5 nitrogen and oxygen atoms in total. The van der Waals surface area contributed by atoms with E-state index >= 15 is 0 Å². The summed E-state index contributed by atoms with van der Waals surface area (Å²) in [5.41, 5.74) is 2.60. The quantitative estimate of drug-likeness (QED) is 0.945. The van der Waals surface area contributed by atoms with Crippen LogP contribution >= 0.6 is 0 Å². The Kier molecular flexibility index (Phi) is 3.63. The Morgan fingerprint density at radius 1 is 1.29 bits per heavy atom. The minimum absolute atomic E-state index is 0.0624. The number of fused-ring (bicyclic) bond motifs is 1. The maximum atomic E-state index is 12.0. The molecule has 1 amide bonds. The number of nitrogens with one attached hydrogen (secondary N) is 1. The van der Waals surface area contributed by atoms with E-state index in [1.165, 1.54) is 0 Å². The normalized spacial score (nSPS) is 17.0. The predicted molar refractivity (Wildman–Crippen MR) is 82.6 cm³/mol. The Balaban J connectivity index is 2.07. The van der Waals surface area contributed by atoms with Crippen LogP contribution in [0.5, 0.6) is 0 Å². The molecule has 1 N–H and O–H groups in total. The summed E-state index contributed by atoms with van der Waals surface area (Å²) in [6.07, 6.45) is 0. The van der Waals surface area contributed by atoms with Crippen LogP contribution in [0.4, 0.5) is 5.82 Å². The van der Waals surface area contributed by atoms with Crippen molar-refractivity contribution in [1.29, 1.82) is 0 Å². The minimum Gasteiger partial charge on any atom is -0.310 e. The summed E-state index contributed by atoms with van der Waals surface area (Å²) in [4.78, 5) is 12.0. The van der Waals surface area contributed by atoms with Crippen LogP contribution < -0.4 is 5.32 Å². The third-order valence-corrected chi connectivity index (χ3v) is 4.64. The summed E-state index contributed by atoms with van der Waals surface area (Å²) in [5, 5.41) is 7.47. The van der Waals surface area contributed by atoms with Crippen molar-refractivity contribution in [2.45, 2.75) is 25.4 Å². The van der Waals surface area contributed by atoms with E-state index in [4.69, 9.17) is 0 Å². The first kappa shape index (κ1) is 14.0. The molecular weight excluding hydrogens is 286 g/mol. The van der Waals surface area contributed by atoms with Crippen LogP contribution in [0.1, 0.15) is 25.1 Å². The van der Waals surface area contributed by atoms with Gasteiger partial charge < -0.3 is 5.32 Å². The first-order chi connectivity index (χ1) is 10.1. The number of hydrogen-bond acceptors (Lipinski definition) is 3. The largest absolute Gasteiger partial charge is 0.310 e. The maximum absolute atomic E-state index is 12.0. The fraction of sp³-hybridized carbons (Fsp3) is 0.333. The molecule has 0 fully saturated rings. The van der Waals surface area contributed by atoms with Gasteiger partial charge in [-0.05, 0) is 12.1 Å². The number of aromatic nitrogens is 2. The van der Waals surface area contributed by atoms with Crippen LogP contribution in [0.3, 0.4) is 0 Å². The second-order valence-corrected chi connectivity index (χ2v) is 6.85. The number of nitrogens with zero attached hydrogens (tertiary/aromatic N) is 2. The molecule has 0 spiro atoms. The number of para-hydroxylation sites is 1. The lowest BCUT2D eigenvalue weighted by Crippen LogP contribution is -2.21. The van der Waals surface area contributed by atoms with Crippen molar-refractivity contribution >= 4 is 22.5 Å². The van der Waals surface area contributed by atoms with Crippen molar-refractivity contribution in [3.8, 4) is 5.69 Å². The topological polar surface area (TPSA) is 64.0 Å². The van der Waals surface area contributed by atoms with E-state index in [1.807, 2.05) is 44.2 Å². The summed E-state index contributed by atoms with van der Waals surface area (Å²) in [7, 11) is -0.916. The van der Waals surface area contributed by atoms with Gasteiger partial charge in [0.1, 0.15) is 5.82 Å². The van der Waals surface area contributed by atoms with Crippen LogP contribution in [0, 0.1) is 5.92 Å². The van der Waals surface area contributed by atoms with Crippen molar-refractivity contribution in [3.63, 3.8) is 0 Å². The highest BCUT2D eigenvalue weighted by atomic mass is 32.2. The molecule has 0 saturated heterocycles. The zero-order valence-electron chi connectivity index (χ0n) is 12.0. The highest BCUT2D eigenvalue weighted by Crippen LogP contribution is 2.31. The second-order valence-electron chi connectivity index (χ2n) is 5.39. The number of amides is 1. The Hall–Kier alpha value is -1.95. The van der Waals surface area contributed by atoms with Crippen LogP contribution in [0.2, 0.25) is 0 Å². The van der Waals surface area contributed by atoms with Crippen LogP contribution in [0.15, 0.2) is 30.3 Å². The third-order valence-electron chi connectivity index (χ3n) is 3.44. The number of anilines is 1. The van der Waals surface area contributed by atoms with Gasteiger partial charge in [-0.3, -0.25) is 9.00 Å². The molecule has 2 aromatic rings. The Morgan fingerprint density at radius 2 is 2.00 bits per heavy atom. The second kappa shape index (κ2) is 5.44. The summed E-state index contributed by atoms with van der Waals surface area (Å²) in [6, 6.07) is 9.65. The van der Waals surface area contributed by atoms with Gasteiger partial charge in [-0.15, -0.1) is 0 Å². The highest BCUT2D eigenvalue weighted by molar-refractivity contribution is 7.83. The number of benzene rings is 1. The first-order valence-corrected chi connectivity index (χ1v) is 8.37. The van der Waals surface area contributed by atoms with Gasteiger partial charge in [-0.25, -0.2) is 4.68 Å². The summed E-state index contributed by atoms with van der Waals surface area (Å²) in [6.45, 7) is 3.69. The summed E-state index contributed by atoms with van der Waals surface area (Å²) in [5.74, 6) is 1.38. The minimum atomic E-state index is -0.916. The molecule has 1 aromatic heterocycles. The van der Waals surface area contributed by atoms with E-state index in [0.717, 1.165) is 16.9 Å². The zero-order valence-corrected chi connectivity index (χ0v) is 12.8. The van der Waals surface area contributed by atoms with Gasteiger partial charge in [0.25, 0.3) is 0 Å². The molecule has 0 aliphatic carbocycles. The Labute approximate surface area is 125 Å². The summed E-state index contributed by atoms with van der Waals surface area (Å²) < 4.78 is 13.5. The molecule has 3 rings (SSSR count). The Bertz CT molecular complexity index is 707.